The van der Waals surface area contributed by atoms with E-state index in [9.17, 15) is 22.8 Å². The maximum Gasteiger partial charge on any atom is 0.411 e. The first kappa shape index (κ1) is 28.5. The Morgan fingerprint density at radius 2 is 1.86 bits per heavy atom. The van der Waals surface area contributed by atoms with Crippen LogP contribution in [0.3, 0.4) is 0 Å². The van der Waals surface area contributed by atoms with Crippen LogP contribution in [-0.2, 0) is 19.2 Å². The molecule has 0 aromatic carbocycles. The lowest BCUT2D eigenvalue weighted by Gasteiger charge is -2.41. The van der Waals surface area contributed by atoms with Gasteiger partial charge in [-0.2, -0.15) is 18.7 Å². The molecule has 5 unspecified atom stereocenters. The quantitative estimate of drug-likeness (QED) is 0.221. The topological polar surface area (TPSA) is 125 Å². The van der Waals surface area contributed by atoms with Gasteiger partial charge < -0.3 is 15.4 Å². The molecule has 4 rings (SSSR count). The Hall–Kier alpha value is -1.51. The molecule has 0 bridgehead atoms. The molecule has 37 heavy (non-hydrogen) atoms. The third kappa shape index (κ3) is 8.75. The zero-order valence-corrected chi connectivity index (χ0v) is 21.2. The Morgan fingerprint density at radius 1 is 1.08 bits per heavy atom. The summed E-state index contributed by atoms with van der Waals surface area (Å²) in [5.41, 5.74) is 8.85. The molecule has 4 aliphatic rings. The van der Waals surface area contributed by atoms with Crippen LogP contribution in [-0.4, -0.2) is 62.4 Å². The summed E-state index contributed by atoms with van der Waals surface area (Å²) in [6.07, 6.45) is 3.64. The molecule has 2 saturated carbocycles. The second kappa shape index (κ2) is 13.5. The van der Waals surface area contributed by atoms with Gasteiger partial charge in [0.05, 0.1) is 18.4 Å². The van der Waals surface area contributed by atoms with E-state index in [2.05, 4.69) is 32.3 Å². The molecule has 0 aromatic heterocycles. The monoisotopic (exact) mass is 534 g/mol. The van der Waals surface area contributed by atoms with Crippen LogP contribution in [0.2, 0.25) is 0 Å². The first-order valence-corrected chi connectivity index (χ1v) is 13.7. The second-order valence-corrected chi connectivity index (χ2v) is 10.7. The fraction of sp³-hybridized carbons (Fsp3) is 0.917. The van der Waals surface area contributed by atoms with Crippen LogP contribution < -0.4 is 32.3 Å². The van der Waals surface area contributed by atoms with Crippen molar-refractivity contribution in [2.24, 2.45) is 17.8 Å². The van der Waals surface area contributed by atoms with Crippen molar-refractivity contribution in [2.45, 2.75) is 101 Å². The Kier molecular flexibility index (Phi) is 10.4. The van der Waals surface area contributed by atoms with E-state index >= 15 is 0 Å². The molecule has 13 heteroatoms. The normalized spacial score (nSPS) is 34.6. The molecular formula is C24H41F3N6O4. The van der Waals surface area contributed by atoms with E-state index in [1.54, 1.807) is 0 Å². The highest BCUT2D eigenvalue weighted by Crippen LogP contribution is 2.33. The highest BCUT2D eigenvalue weighted by Gasteiger charge is 2.39. The number of carbonyl (C=O) groups is 2. The maximum atomic E-state index is 12.3. The predicted octanol–water partition coefficient (Wildman–Crippen LogP) is 1.54. The molecule has 0 aromatic rings. The van der Waals surface area contributed by atoms with Crippen LogP contribution in [0.15, 0.2) is 0 Å². The van der Waals surface area contributed by atoms with Crippen LogP contribution in [0.4, 0.5) is 13.2 Å². The molecule has 10 nitrogen and oxygen atoms in total. The van der Waals surface area contributed by atoms with E-state index in [0.717, 1.165) is 51.5 Å². The van der Waals surface area contributed by atoms with Crippen molar-refractivity contribution in [1.29, 1.82) is 0 Å². The van der Waals surface area contributed by atoms with Crippen LogP contribution in [0.5, 0.6) is 0 Å². The largest absolute Gasteiger partial charge is 0.411 e. The van der Waals surface area contributed by atoms with Gasteiger partial charge in [-0.05, 0) is 63.8 Å². The average molecular weight is 535 g/mol. The zero-order chi connectivity index (χ0) is 26.3. The number of halogens is 3. The first-order valence-electron chi connectivity index (χ1n) is 13.7. The number of nitrogens with one attached hydrogen (secondary N) is 6. The van der Waals surface area contributed by atoms with Crippen molar-refractivity contribution in [2.75, 3.05) is 19.7 Å². The van der Waals surface area contributed by atoms with Crippen molar-refractivity contribution in [3.05, 3.63) is 0 Å². The predicted molar refractivity (Wildman–Crippen MR) is 128 cm³/mol. The van der Waals surface area contributed by atoms with E-state index in [1.165, 1.54) is 0 Å². The van der Waals surface area contributed by atoms with E-state index in [-0.39, 0.29) is 48.3 Å². The summed E-state index contributed by atoms with van der Waals surface area (Å²) in [6, 6.07) is 0. The molecule has 2 heterocycles. The van der Waals surface area contributed by atoms with Crippen molar-refractivity contribution in [3.8, 4) is 0 Å². The Balaban J connectivity index is 1.03. The molecule has 2 aliphatic carbocycles. The number of rotatable bonds is 11. The minimum absolute atomic E-state index is 0.0356. The fourth-order valence-corrected chi connectivity index (χ4v) is 5.96. The number of hydrazine groups is 1. The number of fused-ring (bicyclic) bond motifs is 1. The summed E-state index contributed by atoms with van der Waals surface area (Å²) < 4.78 is 42.0. The van der Waals surface area contributed by atoms with Crippen molar-refractivity contribution in [1.82, 2.24) is 32.3 Å². The van der Waals surface area contributed by atoms with Gasteiger partial charge in [0.1, 0.15) is 12.8 Å². The molecular weight excluding hydrogens is 493 g/mol. The smallest absolute Gasteiger partial charge is 0.369 e. The van der Waals surface area contributed by atoms with E-state index in [4.69, 9.17) is 9.57 Å². The van der Waals surface area contributed by atoms with Crippen molar-refractivity contribution >= 4 is 11.8 Å². The Labute approximate surface area is 215 Å². The van der Waals surface area contributed by atoms with Crippen LogP contribution in [0.1, 0.15) is 70.6 Å². The molecule has 2 aliphatic heterocycles. The van der Waals surface area contributed by atoms with Gasteiger partial charge in [-0.15, -0.1) is 0 Å². The third-order valence-corrected chi connectivity index (χ3v) is 7.98. The second-order valence-electron chi connectivity index (χ2n) is 10.7. The third-order valence-electron chi connectivity index (χ3n) is 7.98. The number of hydroxylamine groups is 1. The molecule has 0 spiro atoms. The van der Waals surface area contributed by atoms with E-state index in [0.29, 0.717) is 38.1 Å². The fourth-order valence-electron chi connectivity index (χ4n) is 5.96. The highest BCUT2D eigenvalue weighted by molar-refractivity contribution is 5.79. The summed E-state index contributed by atoms with van der Waals surface area (Å²) in [6.45, 7) is 0.113. The summed E-state index contributed by atoms with van der Waals surface area (Å²) >= 11 is 0. The standard InChI is InChI=1S/C24H41F3N6O4/c25-24(26,27)14-36-16-8-6-15(7-9-16)21-30-20(37-33-21)11-10-19(34)28-12-3-13-29-22-17-4-1-2-5-18(17)23(35)32-31-22/h15-18,20-22,29-31,33H,1-14H2,(H,28,34)(H,32,35). The minimum Gasteiger partial charge on any atom is -0.369 e. The average Bonchev–Trinajstić information content (AvgIpc) is 3.36. The van der Waals surface area contributed by atoms with Crippen molar-refractivity contribution in [3.63, 3.8) is 0 Å². The molecule has 2 amide bonds. The van der Waals surface area contributed by atoms with Gasteiger partial charge >= 0.3 is 6.18 Å². The number of hydrogen-bond acceptors (Lipinski definition) is 8. The molecule has 2 saturated heterocycles. The van der Waals surface area contributed by atoms with Gasteiger partial charge in [-0.25, -0.2) is 5.43 Å². The van der Waals surface area contributed by atoms with Crippen LogP contribution in [0, 0.1) is 17.8 Å². The summed E-state index contributed by atoms with van der Waals surface area (Å²) in [4.78, 5) is 29.9. The molecule has 4 fully saturated rings. The van der Waals surface area contributed by atoms with E-state index in [1.807, 2.05) is 0 Å². The summed E-state index contributed by atoms with van der Waals surface area (Å²) in [7, 11) is 0. The van der Waals surface area contributed by atoms with Gasteiger partial charge in [-0.3, -0.25) is 25.2 Å². The van der Waals surface area contributed by atoms with Crippen LogP contribution >= 0.6 is 0 Å². The Morgan fingerprint density at radius 3 is 2.65 bits per heavy atom. The summed E-state index contributed by atoms with van der Waals surface area (Å²) in [5, 5.41) is 9.76. The molecule has 212 valence electrons. The van der Waals surface area contributed by atoms with Crippen LogP contribution in [0.25, 0.3) is 0 Å². The van der Waals surface area contributed by atoms with Gasteiger partial charge in [0.2, 0.25) is 11.8 Å². The molecule has 5 atom stereocenters. The number of hydrogen-bond donors (Lipinski definition) is 6. The zero-order valence-electron chi connectivity index (χ0n) is 21.2. The van der Waals surface area contributed by atoms with Gasteiger partial charge in [0, 0.05) is 24.8 Å². The number of amides is 2. The Bertz CT molecular complexity index is 752. The van der Waals surface area contributed by atoms with Gasteiger partial charge in [0.15, 0.2) is 0 Å². The highest BCUT2D eigenvalue weighted by atomic mass is 19.4. The number of ether oxygens (including phenoxy) is 1. The van der Waals surface area contributed by atoms with Crippen molar-refractivity contribution < 1.29 is 32.3 Å². The number of carbonyl (C=O) groups excluding carboxylic acids is 2. The van der Waals surface area contributed by atoms with Gasteiger partial charge in [-0.1, -0.05) is 12.8 Å². The first-order chi connectivity index (χ1) is 17.8. The van der Waals surface area contributed by atoms with E-state index < -0.39 is 12.8 Å². The maximum absolute atomic E-state index is 12.3. The molecule has 0 radical (unpaired) electrons. The lowest BCUT2D eigenvalue weighted by molar-refractivity contribution is -0.188. The van der Waals surface area contributed by atoms with Gasteiger partial charge in [0.25, 0.3) is 0 Å². The molecule has 6 N–H and O–H groups in total. The minimum atomic E-state index is -4.29. The lowest BCUT2D eigenvalue weighted by atomic mass is 9.76. The SMILES string of the molecule is O=C(CCC1NC(C2CCC(OCC(F)(F)F)CC2)NO1)NCCCNC1NNC(=O)C2CCCCC12. The summed E-state index contributed by atoms with van der Waals surface area (Å²) in [5.74, 6) is 0.699. The number of alkyl halides is 3. The lowest BCUT2D eigenvalue weighted by Crippen LogP contribution is -2.64.